The van der Waals surface area contributed by atoms with Crippen LogP contribution in [0.25, 0.3) is 0 Å². The fourth-order valence-electron chi connectivity index (χ4n) is 5.14. The summed E-state index contributed by atoms with van der Waals surface area (Å²) in [6, 6.07) is 23.2. The molecule has 2 amide bonds. The van der Waals surface area contributed by atoms with Crippen LogP contribution in [-0.4, -0.2) is 74.7 Å². The van der Waals surface area contributed by atoms with E-state index >= 15 is 0 Å². The van der Waals surface area contributed by atoms with Crippen molar-refractivity contribution in [2.24, 2.45) is 0 Å². The number of rotatable bonds is 9. The molecule has 0 aromatic heterocycles. The number of hydrogen-bond acceptors (Lipinski definition) is 6. The molecule has 0 bridgehead atoms. The molecule has 0 radical (unpaired) electrons. The molecule has 198 valence electrons. The minimum Gasteiger partial charge on any atom is -0.492 e. The second-order valence-corrected chi connectivity index (χ2v) is 9.38. The van der Waals surface area contributed by atoms with Crippen LogP contribution in [-0.2, 0) is 4.74 Å². The smallest absolute Gasteiger partial charge is 0.256 e. The number of benzene rings is 3. The number of methoxy groups -OCH3 is 1. The summed E-state index contributed by atoms with van der Waals surface area (Å²) in [6.45, 7) is 6.34. The predicted molar refractivity (Wildman–Crippen MR) is 148 cm³/mol. The van der Waals surface area contributed by atoms with E-state index in [9.17, 15) is 9.59 Å². The monoisotopic (exact) mass is 514 g/mol. The average Bonchev–Trinajstić information content (AvgIpc) is 3.23. The van der Waals surface area contributed by atoms with Crippen LogP contribution in [0.1, 0.15) is 39.4 Å². The van der Waals surface area contributed by atoms with Gasteiger partial charge in [-0.3, -0.25) is 9.59 Å². The van der Waals surface area contributed by atoms with Crippen molar-refractivity contribution in [2.75, 3.05) is 63.3 Å². The molecule has 2 heterocycles. The van der Waals surface area contributed by atoms with Crippen LogP contribution in [0.2, 0.25) is 0 Å². The number of piperazine rings is 1. The summed E-state index contributed by atoms with van der Waals surface area (Å²) in [7, 11) is 1.63. The molecule has 3 aromatic rings. The lowest BCUT2D eigenvalue weighted by atomic mass is 10.1. The van der Waals surface area contributed by atoms with Crippen molar-refractivity contribution in [3.8, 4) is 5.75 Å². The van der Waals surface area contributed by atoms with Crippen LogP contribution >= 0.6 is 0 Å². The van der Waals surface area contributed by atoms with Gasteiger partial charge in [-0.05, 0) is 49.4 Å². The molecule has 1 atom stereocenters. The summed E-state index contributed by atoms with van der Waals surface area (Å²) in [5, 5.41) is 3.48. The summed E-state index contributed by atoms with van der Waals surface area (Å²) in [4.78, 5) is 32.2. The number of fused-ring (bicyclic) bond motifs is 1. The molecule has 1 fully saturated rings. The first-order valence-electron chi connectivity index (χ1n) is 13.1. The van der Waals surface area contributed by atoms with E-state index in [4.69, 9.17) is 9.47 Å². The second kappa shape index (κ2) is 11.6. The maximum atomic E-state index is 13.2. The van der Waals surface area contributed by atoms with Gasteiger partial charge in [0, 0.05) is 62.2 Å². The van der Waals surface area contributed by atoms with Crippen molar-refractivity contribution in [2.45, 2.75) is 13.1 Å². The van der Waals surface area contributed by atoms with Crippen molar-refractivity contribution in [1.82, 2.24) is 9.80 Å². The zero-order valence-electron chi connectivity index (χ0n) is 21.9. The van der Waals surface area contributed by atoms with Gasteiger partial charge in [0.25, 0.3) is 11.8 Å². The van der Waals surface area contributed by atoms with E-state index in [0.29, 0.717) is 44.0 Å². The van der Waals surface area contributed by atoms with Gasteiger partial charge in [0.05, 0.1) is 18.9 Å². The topological polar surface area (TPSA) is 74.4 Å². The summed E-state index contributed by atoms with van der Waals surface area (Å²) in [6.07, 6.45) is -0.289. The number of nitrogens with one attached hydrogen (secondary N) is 1. The number of carbonyl (C=O) groups excluding carboxylic acids is 2. The molecule has 38 heavy (non-hydrogen) atoms. The maximum Gasteiger partial charge on any atom is 0.256 e. The van der Waals surface area contributed by atoms with Crippen LogP contribution in [0, 0.1) is 0 Å². The van der Waals surface area contributed by atoms with Gasteiger partial charge in [-0.25, -0.2) is 0 Å². The Kier molecular flexibility index (Phi) is 7.79. The Labute approximate surface area is 223 Å². The van der Waals surface area contributed by atoms with Crippen LogP contribution in [0.4, 0.5) is 11.4 Å². The third-order valence-corrected chi connectivity index (χ3v) is 7.10. The molecule has 8 heteroatoms. The summed E-state index contributed by atoms with van der Waals surface area (Å²) in [5.41, 5.74) is 4.21. The fourth-order valence-corrected chi connectivity index (χ4v) is 5.14. The Hall–Kier alpha value is -4.04. The third-order valence-electron chi connectivity index (χ3n) is 7.10. The second-order valence-electron chi connectivity index (χ2n) is 9.38. The number of anilines is 2. The maximum absolute atomic E-state index is 13.2. The van der Waals surface area contributed by atoms with Crippen molar-refractivity contribution in [3.05, 3.63) is 89.5 Å². The number of hydrogen-bond donors (Lipinski definition) is 1. The molecule has 1 unspecified atom stereocenters. The first-order valence-corrected chi connectivity index (χ1v) is 13.1. The Morgan fingerprint density at radius 3 is 2.39 bits per heavy atom. The van der Waals surface area contributed by atoms with Gasteiger partial charge in [-0.2, -0.15) is 0 Å². The lowest BCUT2D eigenvalue weighted by Crippen LogP contribution is -2.48. The quantitative estimate of drug-likeness (QED) is 0.460. The zero-order valence-corrected chi connectivity index (χ0v) is 21.9. The minimum atomic E-state index is -0.289. The number of ether oxygens (including phenoxy) is 2. The zero-order chi connectivity index (χ0) is 26.5. The molecule has 0 aliphatic carbocycles. The largest absolute Gasteiger partial charge is 0.492 e. The molecule has 1 saturated heterocycles. The average molecular weight is 515 g/mol. The molecule has 2 aliphatic heterocycles. The van der Waals surface area contributed by atoms with Gasteiger partial charge < -0.3 is 29.5 Å². The normalized spacial score (nSPS) is 16.9. The molecule has 8 nitrogen and oxygen atoms in total. The summed E-state index contributed by atoms with van der Waals surface area (Å²) < 4.78 is 11.0. The van der Waals surface area contributed by atoms with E-state index in [-0.39, 0.29) is 18.0 Å². The van der Waals surface area contributed by atoms with E-state index in [1.54, 1.807) is 12.0 Å². The summed E-state index contributed by atoms with van der Waals surface area (Å²) >= 11 is 0. The lowest BCUT2D eigenvalue weighted by Gasteiger charge is -2.36. The van der Waals surface area contributed by atoms with Crippen molar-refractivity contribution in [3.63, 3.8) is 0 Å². The van der Waals surface area contributed by atoms with E-state index in [1.807, 2.05) is 78.6 Å². The van der Waals surface area contributed by atoms with E-state index in [0.717, 1.165) is 35.8 Å². The Bertz CT molecular complexity index is 1270. The molecule has 2 aliphatic rings. The molecule has 1 N–H and O–H groups in total. The van der Waals surface area contributed by atoms with Crippen LogP contribution in [0.5, 0.6) is 5.75 Å². The highest BCUT2D eigenvalue weighted by molar-refractivity contribution is 5.99. The molecule has 3 aromatic carbocycles. The van der Waals surface area contributed by atoms with Crippen LogP contribution in [0.15, 0.2) is 72.8 Å². The van der Waals surface area contributed by atoms with Crippen molar-refractivity contribution < 1.29 is 19.1 Å². The van der Waals surface area contributed by atoms with E-state index in [2.05, 4.69) is 16.3 Å². The van der Waals surface area contributed by atoms with Gasteiger partial charge in [-0.15, -0.1) is 0 Å². The molecule has 0 saturated carbocycles. The van der Waals surface area contributed by atoms with Gasteiger partial charge in [0.15, 0.2) is 0 Å². The molecular weight excluding hydrogens is 480 g/mol. The number of amides is 2. The number of para-hydroxylation sites is 2. The number of carbonyl (C=O) groups is 2. The van der Waals surface area contributed by atoms with E-state index in [1.165, 1.54) is 0 Å². The molecular formula is C30H34N4O4. The number of nitrogens with zero attached hydrogens (tertiary/aromatic N) is 3. The standard InChI is InChI=1S/C30H34N4O4/c1-3-38-27-11-7-6-10-26(27)32-16-18-33(19-17-32)29(35)22-12-14-23(15-13-22)31-28-24-8-4-5-9-25(24)30(36)34(28)20-21-37-2/h4-15,28,31H,3,16-21H2,1-2H3. The predicted octanol–water partition coefficient (Wildman–Crippen LogP) is 4.26. The van der Waals surface area contributed by atoms with Gasteiger partial charge >= 0.3 is 0 Å². The first kappa shape index (κ1) is 25.6. The van der Waals surface area contributed by atoms with Crippen molar-refractivity contribution in [1.29, 1.82) is 0 Å². The lowest BCUT2D eigenvalue weighted by molar-refractivity contribution is 0.0674. The van der Waals surface area contributed by atoms with Gasteiger partial charge in [0.1, 0.15) is 11.9 Å². The van der Waals surface area contributed by atoms with Gasteiger partial charge in [-0.1, -0.05) is 30.3 Å². The van der Waals surface area contributed by atoms with Crippen molar-refractivity contribution >= 4 is 23.2 Å². The highest BCUT2D eigenvalue weighted by Crippen LogP contribution is 2.34. The molecule has 5 rings (SSSR count). The fraction of sp³-hybridized carbons (Fsp3) is 0.333. The minimum absolute atomic E-state index is 0.00929. The van der Waals surface area contributed by atoms with Crippen LogP contribution in [0.3, 0.4) is 0 Å². The Balaban J connectivity index is 1.23. The highest BCUT2D eigenvalue weighted by Gasteiger charge is 2.36. The third kappa shape index (κ3) is 5.17. The first-order chi connectivity index (χ1) is 18.6. The van der Waals surface area contributed by atoms with Crippen LogP contribution < -0.4 is 15.0 Å². The Morgan fingerprint density at radius 2 is 1.66 bits per heavy atom. The highest BCUT2D eigenvalue weighted by atomic mass is 16.5. The summed E-state index contributed by atoms with van der Waals surface area (Å²) in [5.74, 6) is 0.896. The van der Waals surface area contributed by atoms with Gasteiger partial charge in [0.2, 0.25) is 0 Å². The van der Waals surface area contributed by atoms with E-state index < -0.39 is 0 Å². The SMILES string of the molecule is CCOc1ccccc1N1CCN(C(=O)c2ccc(NC3c4ccccc4C(=O)N3CCOC)cc2)CC1. The molecule has 0 spiro atoms. The Morgan fingerprint density at radius 1 is 0.947 bits per heavy atom.